The summed E-state index contributed by atoms with van der Waals surface area (Å²) in [5.74, 6) is 0.613. The highest BCUT2D eigenvalue weighted by atomic mass is 35.5. The van der Waals surface area contributed by atoms with Gasteiger partial charge in [-0.25, -0.2) is 0 Å². The fraction of sp³-hybridized carbons (Fsp3) is 0.771. The first-order valence-corrected chi connectivity index (χ1v) is 22.4. The van der Waals surface area contributed by atoms with Crippen molar-refractivity contribution in [2.75, 3.05) is 40.8 Å². The van der Waals surface area contributed by atoms with Gasteiger partial charge in [-0.2, -0.15) is 0 Å². The summed E-state index contributed by atoms with van der Waals surface area (Å²) in [6, 6.07) is 8.18. The van der Waals surface area contributed by atoms with Crippen molar-refractivity contribution in [2.24, 2.45) is 56.7 Å². The van der Waals surface area contributed by atoms with E-state index >= 15 is 0 Å². The van der Waals surface area contributed by atoms with Gasteiger partial charge in [0, 0.05) is 50.1 Å². The largest absolute Gasteiger partial charge is 0.481 e. The zero-order chi connectivity index (χ0) is 41.9. The first kappa shape index (κ1) is 44.3. The van der Waals surface area contributed by atoms with Gasteiger partial charge < -0.3 is 19.5 Å². The Morgan fingerprint density at radius 2 is 1.65 bits per heavy atom. The van der Waals surface area contributed by atoms with Gasteiger partial charge in [0.2, 0.25) is 0 Å². The second kappa shape index (κ2) is 16.3. The van der Waals surface area contributed by atoms with Gasteiger partial charge in [0.1, 0.15) is 6.10 Å². The molecule has 0 heterocycles. The Hall–Kier alpha value is -2.26. The number of carboxylic acid groups (broad SMARTS) is 1. The molecular weight excluding hydrogens is 736 g/mol. The Morgan fingerprint density at radius 3 is 2.26 bits per heavy atom. The Labute approximate surface area is 348 Å². The van der Waals surface area contributed by atoms with Crippen LogP contribution in [0.4, 0.5) is 0 Å². The normalized spacial score (nSPS) is 35.8. The Kier molecular flexibility index (Phi) is 12.7. The predicted octanol–water partition coefficient (Wildman–Crippen LogP) is 9.72. The monoisotopic (exact) mass is 809 g/mol. The molecule has 1 aromatic carbocycles. The minimum atomic E-state index is -1.15. The molecule has 9 heteroatoms. The summed E-state index contributed by atoms with van der Waals surface area (Å²) in [6.07, 6.45) is 8.44. The summed E-state index contributed by atoms with van der Waals surface area (Å²) in [7, 11) is 6.12. The van der Waals surface area contributed by atoms with Gasteiger partial charge >= 0.3 is 11.9 Å². The lowest BCUT2D eigenvalue weighted by molar-refractivity contribution is -0.218. The second-order valence-electron chi connectivity index (χ2n) is 21.1. The highest BCUT2D eigenvalue weighted by Gasteiger charge is 2.70. The molecule has 57 heavy (non-hydrogen) atoms. The van der Waals surface area contributed by atoms with Crippen LogP contribution in [0.5, 0.6) is 0 Å². The number of halogens is 1. The molecule has 4 fully saturated rings. The van der Waals surface area contributed by atoms with Gasteiger partial charge in [-0.15, -0.1) is 0 Å². The molecule has 0 bridgehead atoms. The van der Waals surface area contributed by atoms with Gasteiger partial charge in [-0.05, 0) is 148 Å². The second-order valence-corrected chi connectivity index (χ2v) is 21.5. The third-order valence-electron chi connectivity index (χ3n) is 17.0. The molecule has 0 aliphatic heterocycles. The van der Waals surface area contributed by atoms with Crippen LogP contribution in [0.25, 0.3) is 0 Å². The van der Waals surface area contributed by atoms with Crippen LogP contribution in [0.15, 0.2) is 35.4 Å². The molecule has 1 N–H and O–H groups in total. The van der Waals surface area contributed by atoms with Crippen LogP contribution in [0.1, 0.15) is 125 Å². The van der Waals surface area contributed by atoms with Gasteiger partial charge in [-0.1, -0.05) is 70.8 Å². The van der Waals surface area contributed by atoms with E-state index in [0.717, 1.165) is 88.1 Å². The van der Waals surface area contributed by atoms with E-state index in [-0.39, 0.29) is 52.1 Å². The van der Waals surface area contributed by atoms with E-state index in [0.29, 0.717) is 30.0 Å². The summed E-state index contributed by atoms with van der Waals surface area (Å²) in [5.41, 5.74) is 2.54. The zero-order valence-corrected chi connectivity index (χ0v) is 37.8. The number of allylic oxidation sites excluding steroid dienone is 1. The topological polar surface area (TPSA) is 96.4 Å². The highest BCUT2D eigenvalue weighted by molar-refractivity contribution is 6.30. The number of carboxylic acids is 1. The smallest absolute Gasteiger partial charge is 0.309 e. The van der Waals surface area contributed by atoms with Crippen molar-refractivity contribution in [2.45, 2.75) is 138 Å². The number of methoxy groups -OCH3 is 1. The Morgan fingerprint density at radius 1 is 0.965 bits per heavy atom. The van der Waals surface area contributed by atoms with E-state index in [4.69, 9.17) is 21.1 Å². The minimum Gasteiger partial charge on any atom is -0.481 e. The lowest BCUT2D eigenvalue weighted by Gasteiger charge is -2.71. The van der Waals surface area contributed by atoms with E-state index in [1.807, 2.05) is 19.2 Å². The van der Waals surface area contributed by atoms with Crippen molar-refractivity contribution >= 4 is 29.3 Å². The number of fused-ring (bicyclic) bond motifs is 7. The summed E-state index contributed by atoms with van der Waals surface area (Å²) >= 11 is 6.28. The number of hydrogen-bond acceptors (Lipinski definition) is 7. The third kappa shape index (κ3) is 7.81. The van der Waals surface area contributed by atoms with E-state index < -0.39 is 17.4 Å². The molecule has 6 rings (SSSR count). The van der Waals surface area contributed by atoms with Crippen molar-refractivity contribution in [3.63, 3.8) is 0 Å². The molecule has 0 spiro atoms. The molecule has 0 radical (unpaired) electrons. The highest BCUT2D eigenvalue weighted by Crippen LogP contribution is 2.76. The van der Waals surface area contributed by atoms with E-state index in [2.05, 4.69) is 77.6 Å². The molecule has 0 amide bonds. The van der Waals surface area contributed by atoms with Gasteiger partial charge in [0.15, 0.2) is 5.78 Å². The van der Waals surface area contributed by atoms with Crippen LogP contribution in [-0.4, -0.2) is 85.7 Å². The first-order chi connectivity index (χ1) is 26.6. The summed E-state index contributed by atoms with van der Waals surface area (Å²) in [4.78, 5) is 44.0. The predicted molar refractivity (Wildman–Crippen MR) is 227 cm³/mol. The first-order valence-electron chi connectivity index (χ1n) is 22.0. The van der Waals surface area contributed by atoms with Crippen LogP contribution in [0.2, 0.25) is 5.02 Å². The molecule has 0 aromatic heterocycles. The SMILES string of the molecule is CO[C@H](CN(CCN(C)C)Cc1ccc(Cl)cc1)[C@@]12CC[C@]3(C)[C@H](CCC4[C@@]5(C)CC[C@H](OC(=O)CC(C)(C)C(=O)O)C(C)C5CC[C@]43C)C1=C(C(C)C)C(=O)C2. The molecule has 10 atom stereocenters. The Bertz CT molecular complexity index is 1710. The number of likely N-dealkylation sites (N-methyl/N-ethyl adjacent to an activating group) is 1. The molecule has 0 saturated heterocycles. The maximum absolute atomic E-state index is 14.5. The maximum Gasteiger partial charge on any atom is 0.309 e. The number of hydrogen-bond donors (Lipinski definition) is 1. The quantitative estimate of drug-likeness (QED) is 0.186. The van der Waals surface area contributed by atoms with Crippen molar-refractivity contribution in [1.82, 2.24) is 9.80 Å². The summed E-state index contributed by atoms with van der Waals surface area (Å²) < 4.78 is 12.8. The van der Waals surface area contributed by atoms with Crippen LogP contribution >= 0.6 is 11.6 Å². The molecule has 5 aliphatic rings. The molecule has 4 saturated carbocycles. The standard InChI is InChI=1S/C48H73ClN2O6/c1-30(2)41-36(52)26-48(39(56-11)29-51(25-24-50(9)10)28-32-12-14-33(49)15-13-32)23-22-46(7)35(42(41)48)16-17-38-45(6)20-19-37(31(3)34(45)18-21-47(38,46)8)57-40(53)27-44(4,5)43(54)55/h12-15,30-31,34-35,37-39H,16-29H2,1-11H3,(H,54,55)/t31?,34?,35-,37+,38?,39-,45+,46-,47-,48+/m1/s1. The number of ketones is 1. The van der Waals surface area contributed by atoms with Gasteiger partial charge in [0.25, 0.3) is 0 Å². The van der Waals surface area contributed by atoms with Crippen LogP contribution in [0, 0.1) is 56.7 Å². The van der Waals surface area contributed by atoms with Crippen molar-refractivity contribution in [3.8, 4) is 0 Å². The van der Waals surface area contributed by atoms with Crippen LogP contribution in [0.3, 0.4) is 0 Å². The van der Waals surface area contributed by atoms with Crippen molar-refractivity contribution in [3.05, 3.63) is 46.0 Å². The maximum atomic E-state index is 14.5. The van der Waals surface area contributed by atoms with E-state index in [1.54, 1.807) is 13.8 Å². The third-order valence-corrected chi connectivity index (χ3v) is 17.2. The van der Waals surface area contributed by atoms with E-state index in [9.17, 15) is 19.5 Å². The number of aliphatic carboxylic acids is 1. The van der Waals surface area contributed by atoms with Crippen LogP contribution in [-0.2, 0) is 30.4 Å². The molecule has 318 valence electrons. The number of Topliss-reactive ketones (excluding diaryl/α,β-unsaturated/α-hetero) is 1. The number of carbonyl (C=O) groups is 3. The number of nitrogens with zero attached hydrogens (tertiary/aromatic N) is 2. The fourth-order valence-electron chi connectivity index (χ4n) is 13.6. The van der Waals surface area contributed by atoms with Gasteiger partial charge in [-0.3, -0.25) is 19.3 Å². The van der Waals surface area contributed by atoms with E-state index in [1.165, 1.54) is 11.1 Å². The lowest BCUT2D eigenvalue weighted by Crippen LogP contribution is -2.65. The summed E-state index contributed by atoms with van der Waals surface area (Å²) in [6.45, 7) is 21.0. The number of benzene rings is 1. The number of rotatable bonds is 14. The number of carbonyl (C=O) groups excluding carboxylic acids is 2. The van der Waals surface area contributed by atoms with Crippen LogP contribution < -0.4 is 0 Å². The van der Waals surface area contributed by atoms with Gasteiger partial charge in [0.05, 0.1) is 17.9 Å². The molecule has 3 unspecified atom stereocenters. The molecule has 5 aliphatic carbocycles. The molecule has 1 aromatic rings. The number of ether oxygens (including phenoxy) is 2. The number of esters is 1. The molecular formula is C48H73ClN2O6. The average Bonchev–Trinajstić information content (AvgIpc) is 3.44. The summed E-state index contributed by atoms with van der Waals surface area (Å²) in [5, 5.41) is 10.4. The zero-order valence-electron chi connectivity index (χ0n) is 37.0. The average molecular weight is 810 g/mol. The van der Waals surface area contributed by atoms with Crippen molar-refractivity contribution in [1.29, 1.82) is 0 Å². The lowest BCUT2D eigenvalue weighted by atomic mass is 9.33. The molecule has 8 nitrogen and oxygen atoms in total. The fourth-order valence-corrected chi connectivity index (χ4v) is 13.7. The Balaban J connectivity index is 1.29. The van der Waals surface area contributed by atoms with Crippen molar-refractivity contribution < 1.29 is 29.0 Å². The minimum absolute atomic E-state index is 0.0364.